The number of thiophene rings is 1. The van der Waals surface area contributed by atoms with Gasteiger partial charge in [0.1, 0.15) is 17.2 Å². The molecule has 0 spiro atoms. The number of hydrogen-bond acceptors (Lipinski definition) is 3. The molecule has 4 rings (SSSR count). The van der Waals surface area contributed by atoms with Gasteiger partial charge in [-0.3, -0.25) is 9.79 Å². The Morgan fingerprint density at radius 1 is 1.10 bits per heavy atom. The van der Waals surface area contributed by atoms with Crippen LogP contribution in [0.5, 0.6) is 0 Å². The highest BCUT2D eigenvalue weighted by molar-refractivity contribution is 7.14. The van der Waals surface area contributed by atoms with Crippen molar-refractivity contribution in [2.75, 3.05) is 11.9 Å². The quantitative estimate of drug-likeness (QED) is 0.463. The summed E-state index contributed by atoms with van der Waals surface area (Å²) in [5.74, 6) is -2.23. The lowest BCUT2D eigenvalue weighted by atomic mass is 9.99. The number of carbonyl (C=O) groups is 1. The van der Waals surface area contributed by atoms with Gasteiger partial charge in [0.05, 0.1) is 0 Å². The highest BCUT2D eigenvalue weighted by Gasteiger charge is 2.18. The lowest BCUT2D eigenvalue weighted by Gasteiger charge is -2.10. The maximum Gasteiger partial charge on any atom is 0.261 e. The first-order valence-electron chi connectivity index (χ1n) is 10.1. The third-order valence-electron chi connectivity index (χ3n) is 5.07. The summed E-state index contributed by atoms with van der Waals surface area (Å²) < 4.78 is 27.7. The molecule has 0 bridgehead atoms. The molecule has 1 aromatic heterocycles. The number of hydrogen-bond donors (Lipinski definition) is 1. The summed E-state index contributed by atoms with van der Waals surface area (Å²) >= 11 is 1.77. The Kier molecular flexibility index (Phi) is 6.09. The molecule has 0 aliphatic carbocycles. The van der Waals surface area contributed by atoms with E-state index in [1.807, 2.05) is 18.3 Å². The molecule has 1 aliphatic heterocycles. The second-order valence-corrected chi connectivity index (χ2v) is 8.74. The summed E-state index contributed by atoms with van der Waals surface area (Å²) in [4.78, 5) is 19.2. The molecule has 0 saturated carbocycles. The number of anilines is 1. The van der Waals surface area contributed by atoms with E-state index in [1.165, 1.54) is 15.8 Å². The van der Waals surface area contributed by atoms with E-state index < -0.39 is 23.1 Å². The third kappa shape index (κ3) is 4.49. The van der Waals surface area contributed by atoms with Gasteiger partial charge in [-0.05, 0) is 53.8 Å². The topological polar surface area (TPSA) is 41.5 Å². The molecule has 6 heteroatoms. The van der Waals surface area contributed by atoms with Gasteiger partial charge in [0.25, 0.3) is 5.91 Å². The highest BCUT2D eigenvalue weighted by Crippen LogP contribution is 2.39. The fourth-order valence-electron chi connectivity index (χ4n) is 3.52. The first kappa shape index (κ1) is 21.1. The van der Waals surface area contributed by atoms with Gasteiger partial charge >= 0.3 is 0 Å². The average molecular weight is 437 g/mol. The van der Waals surface area contributed by atoms with Crippen molar-refractivity contribution >= 4 is 34.7 Å². The second kappa shape index (κ2) is 8.94. The first-order chi connectivity index (χ1) is 14.9. The molecule has 0 fully saturated rings. The normalized spacial score (nSPS) is 13.4. The highest BCUT2D eigenvalue weighted by atomic mass is 32.1. The van der Waals surface area contributed by atoms with Crippen LogP contribution in [0.15, 0.2) is 59.6 Å². The Balaban J connectivity index is 1.59. The number of nitrogens with zero attached hydrogens (tertiary/aromatic N) is 1. The molecule has 1 amide bonds. The van der Waals surface area contributed by atoms with Crippen molar-refractivity contribution in [3.05, 3.63) is 81.6 Å². The van der Waals surface area contributed by atoms with Crippen molar-refractivity contribution in [1.82, 2.24) is 0 Å². The molecule has 31 heavy (non-hydrogen) atoms. The van der Waals surface area contributed by atoms with Crippen molar-refractivity contribution in [3.63, 3.8) is 0 Å². The molecule has 1 aliphatic rings. The predicted molar refractivity (Wildman–Crippen MR) is 124 cm³/mol. The van der Waals surface area contributed by atoms with Gasteiger partial charge in [0.2, 0.25) is 0 Å². The van der Waals surface area contributed by atoms with Crippen molar-refractivity contribution < 1.29 is 13.6 Å². The second-order valence-electron chi connectivity index (χ2n) is 7.65. The fraction of sp³-hybridized carbons (Fsp3) is 0.200. The van der Waals surface area contributed by atoms with Crippen LogP contribution < -0.4 is 5.32 Å². The Morgan fingerprint density at radius 3 is 2.42 bits per heavy atom. The van der Waals surface area contributed by atoms with E-state index in [9.17, 15) is 13.6 Å². The van der Waals surface area contributed by atoms with Crippen LogP contribution in [-0.4, -0.2) is 18.7 Å². The number of nitrogens with one attached hydrogen (secondary N) is 1. The standard InChI is InChI=1S/C25H22F2N2OS/c1-15(2)24-19(13-22(31-24)17-5-4-12-28-14-17)16-8-10-18(11-9-16)29-25(30)23-20(26)6-3-7-21(23)27/h3,5-11,13-15H,4,12H2,1-2H3,(H,29,30). The number of rotatable bonds is 5. The number of allylic oxidation sites excluding steroid dienone is 1. The maximum atomic E-state index is 13.9. The van der Waals surface area contributed by atoms with E-state index >= 15 is 0 Å². The number of amides is 1. The molecule has 0 radical (unpaired) electrons. The Labute approximate surface area is 184 Å². The summed E-state index contributed by atoms with van der Waals surface area (Å²) in [6, 6.07) is 12.9. The molecule has 3 aromatic rings. The van der Waals surface area contributed by atoms with E-state index in [-0.39, 0.29) is 0 Å². The fourth-order valence-corrected chi connectivity index (χ4v) is 4.71. The minimum absolute atomic E-state index is 0.360. The number of halogens is 2. The molecule has 3 nitrogen and oxygen atoms in total. The number of dihydropyridines is 1. The molecule has 158 valence electrons. The van der Waals surface area contributed by atoms with Gasteiger partial charge in [0, 0.05) is 33.8 Å². The minimum Gasteiger partial charge on any atom is -0.322 e. The van der Waals surface area contributed by atoms with Crippen LogP contribution in [0.3, 0.4) is 0 Å². The smallest absolute Gasteiger partial charge is 0.261 e. The van der Waals surface area contributed by atoms with Crippen molar-refractivity contribution in [2.45, 2.75) is 26.2 Å². The summed E-state index contributed by atoms with van der Waals surface area (Å²) in [6.07, 6.45) is 5.10. The monoisotopic (exact) mass is 436 g/mol. The van der Waals surface area contributed by atoms with Crippen LogP contribution in [0.25, 0.3) is 16.7 Å². The van der Waals surface area contributed by atoms with Crippen LogP contribution >= 0.6 is 11.3 Å². The largest absolute Gasteiger partial charge is 0.322 e. The van der Waals surface area contributed by atoms with Gasteiger partial charge in [-0.1, -0.05) is 38.1 Å². The zero-order valence-corrected chi connectivity index (χ0v) is 18.1. The summed E-state index contributed by atoms with van der Waals surface area (Å²) in [5.41, 5.74) is 3.21. The van der Waals surface area contributed by atoms with E-state index in [0.29, 0.717) is 11.6 Å². The Bertz CT molecular complexity index is 1160. The van der Waals surface area contributed by atoms with Gasteiger partial charge < -0.3 is 5.32 Å². The predicted octanol–water partition coefficient (Wildman–Crippen LogP) is 6.93. The van der Waals surface area contributed by atoms with Gasteiger partial charge in [0.15, 0.2) is 0 Å². The van der Waals surface area contributed by atoms with Crippen LogP contribution in [0.1, 0.15) is 46.3 Å². The van der Waals surface area contributed by atoms with Gasteiger partial charge in [-0.15, -0.1) is 11.3 Å². The summed E-state index contributed by atoms with van der Waals surface area (Å²) in [5, 5.41) is 2.57. The van der Waals surface area contributed by atoms with Crippen molar-refractivity contribution in [1.29, 1.82) is 0 Å². The number of benzene rings is 2. The molecule has 0 atom stereocenters. The molecular weight excluding hydrogens is 414 g/mol. The Hall–Kier alpha value is -3.12. The van der Waals surface area contributed by atoms with Crippen molar-refractivity contribution in [2.24, 2.45) is 4.99 Å². The molecule has 0 saturated heterocycles. The lowest BCUT2D eigenvalue weighted by Crippen LogP contribution is -2.15. The summed E-state index contributed by atoms with van der Waals surface area (Å²) in [6.45, 7) is 5.17. The molecule has 1 N–H and O–H groups in total. The summed E-state index contributed by atoms with van der Waals surface area (Å²) in [7, 11) is 0. The van der Waals surface area contributed by atoms with Gasteiger partial charge in [-0.2, -0.15) is 0 Å². The minimum atomic E-state index is -0.887. The van der Waals surface area contributed by atoms with Crippen molar-refractivity contribution in [3.8, 4) is 11.1 Å². The lowest BCUT2D eigenvalue weighted by molar-refractivity contribution is 0.101. The molecule has 2 heterocycles. The zero-order chi connectivity index (χ0) is 22.0. The zero-order valence-electron chi connectivity index (χ0n) is 17.3. The SMILES string of the molecule is CC(C)c1sc(C2=CCCN=C2)cc1-c1ccc(NC(=O)c2c(F)cccc2F)cc1. The van der Waals surface area contributed by atoms with Crippen LogP contribution in [-0.2, 0) is 0 Å². The van der Waals surface area contributed by atoms with Crippen LogP contribution in [0.2, 0.25) is 0 Å². The van der Waals surface area contributed by atoms with E-state index in [0.717, 1.165) is 41.8 Å². The molecular formula is C25H22F2N2OS. The average Bonchev–Trinajstić information content (AvgIpc) is 3.21. The van der Waals surface area contributed by atoms with Crippen LogP contribution in [0.4, 0.5) is 14.5 Å². The number of aliphatic imine (C=N–C) groups is 1. The van der Waals surface area contributed by atoms with E-state index in [2.05, 4.69) is 36.3 Å². The number of carbonyl (C=O) groups excluding carboxylic acids is 1. The van der Waals surface area contributed by atoms with Gasteiger partial charge in [-0.25, -0.2) is 8.78 Å². The third-order valence-corrected chi connectivity index (χ3v) is 6.55. The van der Waals surface area contributed by atoms with E-state index in [4.69, 9.17) is 0 Å². The molecule has 2 aromatic carbocycles. The van der Waals surface area contributed by atoms with E-state index in [1.54, 1.807) is 23.5 Å². The Morgan fingerprint density at radius 2 is 1.81 bits per heavy atom. The first-order valence-corrected chi connectivity index (χ1v) is 11.0. The molecule has 0 unspecified atom stereocenters. The maximum absolute atomic E-state index is 13.9. The van der Waals surface area contributed by atoms with Crippen LogP contribution in [0, 0.1) is 11.6 Å².